The molecule has 2 aliphatic rings. The van der Waals surface area contributed by atoms with Crippen molar-refractivity contribution >= 4 is 11.6 Å². The molecular weight excluding hydrogens is 261 g/mol. The van der Waals surface area contributed by atoms with Gasteiger partial charge in [0.15, 0.2) is 0 Å². The molecule has 0 radical (unpaired) electrons. The fourth-order valence-corrected chi connectivity index (χ4v) is 3.98. The molecule has 2 saturated carbocycles. The number of rotatable bonds is 5. The summed E-state index contributed by atoms with van der Waals surface area (Å²) in [6, 6.07) is 5.10. The molecule has 0 bridgehead atoms. The summed E-state index contributed by atoms with van der Waals surface area (Å²) in [5, 5.41) is 3.96. The van der Waals surface area contributed by atoms with Crippen LogP contribution in [0.25, 0.3) is 0 Å². The zero-order valence-electron chi connectivity index (χ0n) is 11.4. The Labute approximate surface area is 119 Å². The minimum absolute atomic E-state index is 0.149. The van der Waals surface area contributed by atoms with E-state index >= 15 is 0 Å². The Hall–Kier alpha value is -0.600. The molecule has 1 aromatic carbocycles. The first kappa shape index (κ1) is 13.4. The second-order valence-corrected chi connectivity index (χ2v) is 6.79. The first-order chi connectivity index (χ1) is 9.12. The molecule has 0 aromatic heterocycles. The average molecular weight is 282 g/mol. The highest BCUT2D eigenvalue weighted by molar-refractivity contribution is 6.30. The number of nitrogens with one attached hydrogen (secondary N) is 1. The molecule has 1 nitrogen and oxygen atoms in total. The lowest BCUT2D eigenvalue weighted by atomic mass is 9.77. The third kappa shape index (κ3) is 2.80. The molecule has 0 amide bonds. The minimum atomic E-state index is -0.149. The summed E-state index contributed by atoms with van der Waals surface area (Å²) < 4.78 is 14.0. The van der Waals surface area contributed by atoms with Crippen LogP contribution < -0.4 is 5.32 Å². The van der Waals surface area contributed by atoms with Crippen molar-refractivity contribution in [2.24, 2.45) is 17.3 Å². The lowest BCUT2D eigenvalue weighted by Crippen LogP contribution is -2.35. The van der Waals surface area contributed by atoms with Crippen LogP contribution in [0.5, 0.6) is 0 Å². The summed E-state index contributed by atoms with van der Waals surface area (Å²) in [6.07, 6.45) is 4.76. The predicted octanol–water partition coefficient (Wildman–Crippen LogP) is 4.05. The maximum absolute atomic E-state index is 14.0. The van der Waals surface area contributed by atoms with Crippen molar-refractivity contribution in [2.45, 2.75) is 32.6 Å². The highest BCUT2D eigenvalue weighted by Crippen LogP contribution is 2.60. The zero-order valence-corrected chi connectivity index (χ0v) is 12.1. The van der Waals surface area contributed by atoms with Crippen LogP contribution in [0.2, 0.25) is 5.02 Å². The summed E-state index contributed by atoms with van der Waals surface area (Å²) in [7, 11) is 0. The summed E-state index contributed by atoms with van der Waals surface area (Å²) >= 11 is 5.83. The van der Waals surface area contributed by atoms with Crippen LogP contribution in [-0.2, 0) is 6.42 Å². The highest BCUT2D eigenvalue weighted by atomic mass is 35.5. The van der Waals surface area contributed by atoms with Crippen LogP contribution in [0, 0.1) is 23.1 Å². The largest absolute Gasteiger partial charge is 0.316 e. The first-order valence-corrected chi connectivity index (χ1v) is 7.64. The highest BCUT2D eigenvalue weighted by Gasteiger charge is 2.53. The van der Waals surface area contributed by atoms with Gasteiger partial charge in [-0.1, -0.05) is 24.6 Å². The van der Waals surface area contributed by atoms with Gasteiger partial charge in [0, 0.05) is 11.6 Å². The summed E-state index contributed by atoms with van der Waals surface area (Å²) in [4.78, 5) is 0. The summed E-state index contributed by atoms with van der Waals surface area (Å²) in [6.45, 7) is 4.13. The van der Waals surface area contributed by atoms with Gasteiger partial charge in [0.2, 0.25) is 0 Å². The van der Waals surface area contributed by atoms with E-state index in [4.69, 9.17) is 11.6 Å². The number of benzene rings is 1. The van der Waals surface area contributed by atoms with Crippen molar-refractivity contribution in [1.29, 1.82) is 0 Å². The third-order valence-corrected chi connectivity index (χ3v) is 5.03. The van der Waals surface area contributed by atoms with Gasteiger partial charge >= 0.3 is 0 Å². The Morgan fingerprint density at radius 1 is 1.37 bits per heavy atom. The lowest BCUT2D eigenvalue weighted by molar-refractivity contribution is 0.247. The van der Waals surface area contributed by atoms with Gasteiger partial charge < -0.3 is 5.32 Å². The fourth-order valence-electron chi connectivity index (χ4n) is 3.82. The van der Waals surface area contributed by atoms with Crippen molar-refractivity contribution in [3.8, 4) is 0 Å². The molecule has 2 atom stereocenters. The molecule has 19 heavy (non-hydrogen) atoms. The smallest absolute Gasteiger partial charge is 0.127 e. The number of fused-ring (bicyclic) bond motifs is 1. The van der Waals surface area contributed by atoms with E-state index in [-0.39, 0.29) is 11.2 Å². The summed E-state index contributed by atoms with van der Waals surface area (Å²) in [5.41, 5.74) is 1.08. The van der Waals surface area contributed by atoms with E-state index in [0.717, 1.165) is 36.9 Å². The standard InChI is InChI=1S/C16H21ClFN/c1-2-19-10-16(8-12-5-13(12)9-16)7-11-3-4-14(17)6-15(11)18/h3-4,6,12-13,19H,2,5,7-10H2,1H3. The maximum Gasteiger partial charge on any atom is 0.127 e. The molecule has 1 N–H and O–H groups in total. The van der Waals surface area contributed by atoms with E-state index in [1.165, 1.54) is 25.3 Å². The Bertz CT molecular complexity index is 464. The quantitative estimate of drug-likeness (QED) is 0.859. The van der Waals surface area contributed by atoms with Gasteiger partial charge in [-0.3, -0.25) is 0 Å². The molecule has 3 rings (SSSR count). The van der Waals surface area contributed by atoms with Gasteiger partial charge in [0.05, 0.1) is 0 Å². The van der Waals surface area contributed by atoms with Crippen molar-refractivity contribution in [2.75, 3.05) is 13.1 Å². The molecule has 0 aliphatic heterocycles. The molecule has 104 valence electrons. The Morgan fingerprint density at radius 3 is 2.74 bits per heavy atom. The topological polar surface area (TPSA) is 12.0 Å². The van der Waals surface area contributed by atoms with Gasteiger partial charge in [-0.2, -0.15) is 0 Å². The van der Waals surface area contributed by atoms with Crippen LogP contribution in [-0.4, -0.2) is 13.1 Å². The number of hydrogen-bond donors (Lipinski definition) is 1. The second-order valence-electron chi connectivity index (χ2n) is 6.36. The molecular formula is C16H21ClFN. The van der Waals surface area contributed by atoms with Crippen molar-refractivity contribution < 1.29 is 4.39 Å². The molecule has 3 heteroatoms. The van der Waals surface area contributed by atoms with Crippen LogP contribution in [0.4, 0.5) is 4.39 Å². The van der Waals surface area contributed by atoms with Gasteiger partial charge in [-0.15, -0.1) is 0 Å². The number of halogens is 2. The Kier molecular flexibility index (Phi) is 3.57. The van der Waals surface area contributed by atoms with Gasteiger partial charge in [0.1, 0.15) is 5.82 Å². The van der Waals surface area contributed by atoms with Gasteiger partial charge in [-0.25, -0.2) is 4.39 Å². The van der Waals surface area contributed by atoms with Crippen molar-refractivity contribution in [3.63, 3.8) is 0 Å². The fraction of sp³-hybridized carbons (Fsp3) is 0.625. The minimum Gasteiger partial charge on any atom is -0.316 e. The summed E-state index contributed by atoms with van der Waals surface area (Å²) in [5.74, 6) is 1.67. The Balaban J connectivity index is 1.77. The molecule has 1 aromatic rings. The first-order valence-electron chi connectivity index (χ1n) is 7.26. The van der Waals surface area contributed by atoms with Crippen LogP contribution in [0.15, 0.2) is 18.2 Å². The second kappa shape index (κ2) is 5.06. The lowest BCUT2D eigenvalue weighted by Gasteiger charge is -2.31. The third-order valence-electron chi connectivity index (χ3n) is 4.79. The molecule has 2 fully saturated rings. The SMILES string of the molecule is CCNCC1(Cc2ccc(Cl)cc2F)CC2CC2C1. The van der Waals surface area contributed by atoms with Gasteiger partial charge in [0.25, 0.3) is 0 Å². The van der Waals surface area contributed by atoms with Crippen LogP contribution in [0.1, 0.15) is 31.7 Å². The maximum atomic E-state index is 14.0. The van der Waals surface area contributed by atoms with E-state index in [1.54, 1.807) is 6.07 Å². The van der Waals surface area contributed by atoms with Crippen LogP contribution in [0.3, 0.4) is 0 Å². The Morgan fingerprint density at radius 2 is 2.11 bits per heavy atom. The molecule has 0 saturated heterocycles. The predicted molar refractivity (Wildman–Crippen MR) is 76.9 cm³/mol. The average Bonchev–Trinajstić information content (AvgIpc) is 2.99. The normalized spacial score (nSPS) is 32.4. The van der Waals surface area contributed by atoms with E-state index in [0.29, 0.717) is 5.02 Å². The molecule has 0 heterocycles. The van der Waals surface area contributed by atoms with Gasteiger partial charge in [-0.05, 0) is 67.2 Å². The van der Waals surface area contributed by atoms with Crippen molar-refractivity contribution in [3.05, 3.63) is 34.6 Å². The van der Waals surface area contributed by atoms with Crippen molar-refractivity contribution in [1.82, 2.24) is 5.32 Å². The monoisotopic (exact) mass is 281 g/mol. The molecule has 0 spiro atoms. The van der Waals surface area contributed by atoms with E-state index in [1.807, 2.05) is 6.07 Å². The van der Waals surface area contributed by atoms with E-state index in [2.05, 4.69) is 12.2 Å². The molecule has 2 unspecified atom stereocenters. The zero-order chi connectivity index (χ0) is 13.5. The molecule has 2 aliphatic carbocycles. The van der Waals surface area contributed by atoms with Crippen LogP contribution >= 0.6 is 11.6 Å². The van der Waals surface area contributed by atoms with E-state index < -0.39 is 0 Å². The van der Waals surface area contributed by atoms with E-state index in [9.17, 15) is 4.39 Å². The number of hydrogen-bond acceptors (Lipinski definition) is 1.